The number of ketones is 1. The van der Waals surface area contributed by atoms with Gasteiger partial charge in [0.05, 0.1) is 14.2 Å². The highest BCUT2D eigenvalue weighted by Crippen LogP contribution is 2.32. The lowest BCUT2D eigenvalue weighted by Crippen LogP contribution is -2.43. The topological polar surface area (TPSA) is 60.5 Å². The second-order valence-electron chi connectivity index (χ2n) is 6.72. The van der Waals surface area contributed by atoms with Crippen molar-refractivity contribution in [1.29, 1.82) is 0 Å². The van der Waals surface area contributed by atoms with E-state index in [4.69, 9.17) is 9.47 Å². The van der Waals surface area contributed by atoms with E-state index in [9.17, 15) is 4.79 Å². The highest BCUT2D eigenvalue weighted by atomic mass is 16.5. The Bertz CT molecular complexity index is 823. The Labute approximate surface area is 147 Å². The summed E-state index contributed by atoms with van der Waals surface area (Å²) >= 11 is 0. The number of hydrogen-bond acceptors (Lipinski definition) is 5. The first-order chi connectivity index (χ1) is 11.9. The van der Waals surface area contributed by atoms with E-state index in [1.165, 1.54) is 11.8 Å². The predicted octanol–water partition coefficient (Wildman–Crippen LogP) is 3.25. The molecular weight excluding hydrogens is 316 g/mol. The van der Waals surface area contributed by atoms with Gasteiger partial charge in [0.15, 0.2) is 5.78 Å². The summed E-state index contributed by atoms with van der Waals surface area (Å²) < 4.78 is 10.4. The smallest absolute Gasteiger partial charge is 0.212 e. The third-order valence-electron chi connectivity index (χ3n) is 4.22. The molecule has 3 rings (SSSR count). The largest absolute Gasteiger partial charge is 0.497 e. The molecule has 25 heavy (non-hydrogen) atoms. The Morgan fingerprint density at radius 1 is 1.20 bits per heavy atom. The maximum Gasteiger partial charge on any atom is 0.212 e. The Balaban J connectivity index is 1.99. The first kappa shape index (κ1) is 17.0. The van der Waals surface area contributed by atoms with E-state index in [1.54, 1.807) is 32.4 Å². The van der Waals surface area contributed by atoms with Crippen LogP contribution in [0.3, 0.4) is 0 Å². The van der Waals surface area contributed by atoms with Gasteiger partial charge in [-0.3, -0.25) is 4.79 Å². The Morgan fingerprint density at radius 3 is 2.64 bits per heavy atom. The number of nitrogens with zero attached hydrogens (tertiary/aromatic N) is 1. The molecule has 5 heteroatoms. The molecule has 0 saturated carbocycles. The molecule has 0 bridgehead atoms. The number of benzene rings is 1. The summed E-state index contributed by atoms with van der Waals surface area (Å²) in [6, 6.07) is 9.37. The van der Waals surface area contributed by atoms with E-state index in [0.29, 0.717) is 11.4 Å². The summed E-state index contributed by atoms with van der Waals surface area (Å²) in [6.45, 7) is 4.24. The van der Waals surface area contributed by atoms with E-state index in [0.717, 1.165) is 23.4 Å². The van der Waals surface area contributed by atoms with Crippen molar-refractivity contribution in [2.45, 2.75) is 25.8 Å². The Morgan fingerprint density at radius 2 is 2.00 bits per heavy atom. The molecule has 0 atom stereocenters. The first-order valence-electron chi connectivity index (χ1n) is 8.13. The maximum atomic E-state index is 12.7. The molecule has 1 aromatic carbocycles. The van der Waals surface area contributed by atoms with Crippen LogP contribution in [0.25, 0.3) is 5.70 Å². The summed E-state index contributed by atoms with van der Waals surface area (Å²) in [7, 11) is 3.18. The molecule has 2 heterocycles. The fraction of sp³-hybridized carbons (Fsp3) is 0.300. The molecule has 0 unspecified atom stereocenters. The molecule has 1 aliphatic rings. The average molecular weight is 338 g/mol. The highest BCUT2D eigenvalue weighted by molar-refractivity contribution is 6.08. The molecule has 1 aliphatic heterocycles. The first-order valence-corrected chi connectivity index (χ1v) is 8.13. The molecule has 5 nitrogen and oxygen atoms in total. The lowest BCUT2D eigenvalue weighted by Gasteiger charge is -2.35. The van der Waals surface area contributed by atoms with Crippen molar-refractivity contribution in [1.82, 2.24) is 10.3 Å². The van der Waals surface area contributed by atoms with Crippen molar-refractivity contribution in [2.24, 2.45) is 0 Å². The van der Waals surface area contributed by atoms with Crippen molar-refractivity contribution in [3.8, 4) is 11.6 Å². The molecule has 1 aromatic heterocycles. The molecule has 2 aromatic rings. The molecule has 0 fully saturated rings. The third-order valence-corrected chi connectivity index (χ3v) is 4.22. The van der Waals surface area contributed by atoms with Gasteiger partial charge in [-0.2, -0.15) is 0 Å². The van der Waals surface area contributed by atoms with Crippen LogP contribution in [0.1, 0.15) is 35.3 Å². The second-order valence-corrected chi connectivity index (χ2v) is 6.72. The molecular formula is C20H22N2O3. The van der Waals surface area contributed by atoms with Gasteiger partial charge < -0.3 is 14.8 Å². The number of allylic oxidation sites excluding steroid dienone is 1. The van der Waals surface area contributed by atoms with Crippen LogP contribution in [-0.2, 0) is 6.42 Å². The molecule has 1 N–H and O–H groups in total. The summed E-state index contributed by atoms with van der Waals surface area (Å²) in [5, 5.41) is 3.46. The fourth-order valence-corrected chi connectivity index (χ4v) is 3.01. The molecule has 0 aliphatic carbocycles. The SMILES string of the molecule is COc1ccc2c(c1)C(=CC(=O)c1ccc(OC)nc1)NC(C)(C)C2. The van der Waals surface area contributed by atoms with E-state index >= 15 is 0 Å². The standard InChI is InChI=1S/C20H22N2O3/c1-20(2)11-13-5-7-15(24-3)9-16(13)17(22-20)10-18(23)14-6-8-19(25-4)21-12-14/h5-10,12,22H,11H2,1-4H3. The Kier molecular flexibility index (Phi) is 4.49. The zero-order chi connectivity index (χ0) is 18.0. The third kappa shape index (κ3) is 3.65. The van der Waals surface area contributed by atoms with Gasteiger partial charge in [-0.05, 0) is 44.0 Å². The highest BCUT2D eigenvalue weighted by Gasteiger charge is 2.28. The summed E-state index contributed by atoms with van der Waals surface area (Å²) in [6.07, 6.45) is 4.03. The second kappa shape index (κ2) is 6.59. The van der Waals surface area contributed by atoms with Crippen LogP contribution in [0.15, 0.2) is 42.6 Å². The van der Waals surface area contributed by atoms with Gasteiger partial charge in [0.25, 0.3) is 0 Å². The van der Waals surface area contributed by atoms with Crippen molar-refractivity contribution < 1.29 is 14.3 Å². The van der Waals surface area contributed by atoms with Gasteiger partial charge in [-0.1, -0.05) is 6.07 Å². The van der Waals surface area contributed by atoms with Gasteiger partial charge >= 0.3 is 0 Å². The van der Waals surface area contributed by atoms with Crippen molar-refractivity contribution >= 4 is 11.5 Å². The maximum absolute atomic E-state index is 12.7. The summed E-state index contributed by atoms with van der Waals surface area (Å²) in [5.74, 6) is 1.14. The van der Waals surface area contributed by atoms with Gasteiger partial charge in [0.1, 0.15) is 5.75 Å². The summed E-state index contributed by atoms with van der Waals surface area (Å²) in [4.78, 5) is 16.8. The van der Waals surface area contributed by atoms with E-state index in [-0.39, 0.29) is 11.3 Å². The number of carbonyl (C=O) groups is 1. The summed E-state index contributed by atoms with van der Waals surface area (Å²) in [5.41, 5.74) is 3.37. The minimum absolute atomic E-state index is 0.107. The molecule has 0 spiro atoms. The van der Waals surface area contributed by atoms with Gasteiger partial charge in [0.2, 0.25) is 5.88 Å². The van der Waals surface area contributed by atoms with E-state index in [1.807, 2.05) is 12.1 Å². The Hall–Kier alpha value is -2.82. The normalized spacial score (nSPS) is 16.7. The van der Waals surface area contributed by atoms with Crippen LogP contribution in [0.5, 0.6) is 11.6 Å². The minimum atomic E-state index is -0.133. The van der Waals surface area contributed by atoms with E-state index in [2.05, 4.69) is 30.2 Å². The van der Waals surface area contributed by atoms with Crippen LogP contribution < -0.4 is 14.8 Å². The van der Waals surface area contributed by atoms with Gasteiger partial charge in [-0.25, -0.2) is 4.98 Å². The van der Waals surface area contributed by atoms with Gasteiger partial charge in [-0.15, -0.1) is 0 Å². The number of pyridine rings is 1. The fourth-order valence-electron chi connectivity index (χ4n) is 3.01. The van der Waals surface area contributed by atoms with Crippen molar-refractivity contribution in [2.75, 3.05) is 14.2 Å². The van der Waals surface area contributed by atoms with Crippen LogP contribution >= 0.6 is 0 Å². The van der Waals surface area contributed by atoms with Crippen molar-refractivity contribution in [3.63, 3.8) is 0 Å². The molecule has 130 valence electrons. The number of aromatic nitrogens is 1. The lowest BCUT2D eigenvalue weighted by molar-refractivity contribution is 0.104. The number of fused-ring (bicyclic) bond motifs is 1. The minimum Gasteiger partial charge on any atom is -0.497 e. The van der Waals surface area contributed by atoms with Crippen LogP contribution in [-0.4, -0.2) is 30.5 Å². The molecule has 0 saturated heterocycles. The lowest BCUT2D eigenvalue weighted by atomic mass is 9.85. The van der Waals surface area contributed by atoms with Crippen LogP contribution in [0, 0.1) is 0 Å². The van der Waals surface area contributed by atoms with Crippen LogP contribution in [0.4, 0.5) is 0 Å². The predicted molar refractivity (Wildman–Crippen MR) is 97.0 cm³/mol. The van der Waals surface area contributed by atoms with E-state index < -0.39 is 0 Å². The monoisotopic (exact) mass is 338 g/mol. The number of ether oxygens (including phenoxy) is 2. The molecule has 0 radical (unpaired) electrons. The zero-order valence-electron chi connectivity index (χ0n) is 14.9. The quantitative estimate of drug-likeness (QED) is 0.685. The number of carbonyl (C=O) groups excluding carboxylic acids is 1. The average Bonchev–Trinajstić information content (AvgIpc) is 2.60. The number of hydrogen-bond donors (Lipinski definition) is 1. The number of methoxy groups -OCH3 is 2. The van der Waals surface area contributed by atoms with Crippen LogP contribution in [0.2, 0.25) is 0 Å². The molecule has 0 amide bonds. The number of rotatable bonds is 4. The van der Waals surface area contributed by atoms with Gasteiger partial charge in [0, 0.05) is 40.7 Å². The number of nitrogens with one attached hydrogen (secondary N) is 1. The zero-order valence-corrected chi connectivity index (χ0v) is 14.9. The van der Waals surface area contributed by atoms with Crippen molar-refractivity contribution in [3.05, 3.63) is 59.3 Å².